The number of ether oxygens (including phenoxy) is 1. The van der Waals surface area contributed by atoms with Crippen molar-refractivity contribution in [2.45, 2.75) is 24.7 Å². The molecule has 9 heteroatoms. The number of thiophene rings is 1. The Morgan fingerprint density at radius 1 is 1.57 bits per heavy atom. The summed E-state index contributed by atoms with van der Waals surface area (Å²) < 4.78 is 6.52. The van der Waals surface area contributed by atoms with Crippen LogP contribution in [0.15, 0.2) is 26.8 Å². The Balaban J connectivity index is 1.87. The maximum atomic E-state index is 12.2. The minimum absolute atomic E-state index is 0.0000838. The molecule has 1 N–H and O–H groups in total. The summed E-state index contributed by atoms with van der Waals surface area (Å²) in [6.07, 6.45) is 0.718. The van der Waals surface area contributed by atoms with Crippen molar-refractivity contribution < 1.29 is 9.53 Å². The summed E-state index contributed by atoms with van der Waals surface area (Å²) in [4.78, 5) is 25.6. The lowest BCUT2D eigenvalue weighted by Crippen LogP contribution is -2.28. The number of hydrogen-bond donors (Lipinski definition) is 1. The van der Waals surface area contributed by atoms with E-state index in [0.29, 0.717) is 24.9 Å². The molecule has 0 aliphatic rings. The topological polar surface area (TPSA) is 80.2 Å². The number of aromatic amines is 1. The Labute approximate surface area is 142 Å². The largest absolute Gasteiger partial charge is 0.385 e. The Kier molecular flexibility index (Phi) is 6.87. The molecule has 0 aliphatic carbocycles. The number of carbonyl (C=O) groups excluding carboxylic acids is 1. The molecular weight excluding hydrogens is 336 g/mol. The highest BCUT2D eigenvalue weighted by Gasteiger charge is 2.14. The van der Waals surface area contributed by atoms with E-state index in [9.17, 15) is 9.59 Å². The van der Waals surface area contributed by atoms with Gasteiger partial charge >= 0.3 is 5.69 Å². The fourth-order valence-electron chi connectivity index (χ4n) is 1.96. The molecule has 2 aromatic rings. The molecule has 0 aliphatic heterocycles. The van der Waals surface area contributed by atoms with Crippen LogP contribution < -0.4 is 5.69 Å². The summed E-state index contributed by atoms with van der Waals surface area (Å²) in [5, 5.41) is 11.0. The van der Waals surface area contributed by atoms with Gasteiger partial charge in [0.15, 0.2) is 5.16 Å². The summed E-state index contributed by atoms with van der Waals surface area (Å²) >= 11 is 2.88. The van der Waals surface area contributed by atoms with E-state index in [4.69, 9.17) is 4.74 Å². The molecular formula is C14H20N4O3S2. The molecule has 0 bridgehead atoms. The molecule has 2 aromatic heterocycles. The van der Waals surface area contributed by atoms with Gasteiger partial charge in [-0.05, 0) is 28.8 Å². The molecule has 2 heterocycles. The molecule has 0 radical (unpaired) electrons. The van der Waals surface area contributed by atoms with Gasteiger partial charge in [0.1, 0.15) is 0 Å². The number of rotatable bonds is 9. The first-order valence-electron chi connectivity index (χ1n) is 7.13. The van der Waals surface area contributed by atoms with Crippen molar-refractivity contribution in [3.8, 4) is 0 Å². The van der Waals surface area contributed by atoms with Crippen LogP contribution in [-0.4, -0.2) is 52.1 Å². The first-order valence-corrected chi connectivity index (χ1v) is 9.06. The third kappa shape index (κ3) is 5.22. The molecule has 126 valence electrons. The van der Waals surface area contributed by atoms with Crippen LogP contribution in [0.1, 0.15) is 12.0 Å². The van der Waals surface area contributed by atoms with Gasteiger partial charge in [0.05, 0.1) is 5.75 Å². The van der Waals surface area contributed by atoms with Crippen LogP contribution in [0.4, 0.5) is 0 Å². The van der Waals surface area contributed by atoms with Gasteiger partial charge in [0.2, 0.25) is 5.91 Å². The summed E-state index contributed by atoms with van der Waals surface area (Å²) in [6.45, 7) is 1.68. The molecule has 2 rings (SSSR count). The van der Waals surface area contributed by atoms with Gasteiger partial charge in [-0.3, -0.25) is 9.36 Å². The maximum Gasteiger partial charge on any atom is 0.343 e. The highest BCUT2D eigenvalue weighted by Crippen LogP contribution is 2.15. The fraction of sp³-hybridized carbons (Fsp3) is 0.500. The predicted molar refractivity (Wildman–Crippen MR) is 90.9 cm³/mol. The van der Waals surface area contributed by atoms with Gasteiger partial charge in [0.25, 0.3) is 0 Å². The lowest BCUT2D eigenvalue weighted by Gasteiger charge is -2.16. The average molecular weight is 356 g/mol. The zero-order valence-corrected chi connectivity index (χ0v) is 14.8. The van der Waals surface area contributed by atoms with Crippen molar-refractivity contribution in [1.29, 1.82) is 0 Å². The smallest absolute Gasteiger partial charge is 0.343 e. The number of aromatic nitrogens is 3. The Morgan fingerprint density at radius 3 is 3.09 bits per heavy atom. The van der Waals surface area contributed by atoms with Crippen LogP contribution in [0, 0.1) is 0 Å². The zero-order valence-electron chi connectivity index (χ0n) is 13.2. The third-order valence-corrected chi connectivity index (χ3v) is 4.90. The number of H-pyrrole nitrogens is 1. The Bertz CT molecular complexity index is 666. The Morgan fingerprint density at radius 2 is 2.39 bits per heavy atom. The lowest BCUT2D eigenvalue weighted by molar-refractivity contribution is -0.127. The highest BCUT2D eigenvalue weighted by atomic mass is 32.2. The van der Waals surface area contributed by atoms with E-state index in [1.807, 2.05) is 16.8 Å². The van der Waals surface area contributed by atoms with Crippen LogP contribution in [0.3, 0.4) is 0 Å². The minimum atomic E-state index is -0.261. The molecule has 0 saturated heterocycles. The fourth-order valence-corrected chi connectivity index (χ4v) is 3.53. The summed E-state index contributed by atoms with van der Waals surface area (Å²) in [5.41, 5.74) is 0.856. The molecule has 7 nitrogen and oxygen atoms in total. The second-order valence-corrected chi connectivity index (χ2v) is 6.70. The van der Waals surface area contributed by atoms with Crippen LogP contribution in [-0.2, 0) is 22.6 Å². The van der Waals surface area contributed by atoms with E-state index in [1.54, 1.807) is 30.4 Å². The number of methoxy groups -OCH3 is 1. The summed E-state index contributed by atoms with van der Waals surface area (Å²) in [5.74, 6) is 0.245. The molecule has 0 unspecified atom stereocenters. The van der Waals surface area contributed by atoms with Crippen molar-refractivity contribution in [3.63, 3.8) is 0 Å². The minimum Gasteiger partial charge on any atom is -0.385 e. The number of thioether (sulfide) groups is 1. The summed E-state index contributed by atoms with van der Waals surface area (Å²) in [7, 11) is 3.40. The van der Waals surface area contributed by atoms with Crippen molar-refractivity contribution >= 4 is 29.0 Å². The van der Waals surface area contributed by atoms with Crippen molar-refractivity contribution in [2.24, 2.45) is 0 Å². The van der Waals surface area contributed by atoms with E-state index in [0.717, 1.165) is 12.0 Å². The second-order valence-electron chi connectivity index (χ2n) is 4.98. The van der Waals surface area contributed by atoms with Gasteiger partial charge < -0.3 is 9.64 Å². The molecule has 1 amide bonds. The monoisotopic (exact) mass is 356 g/mol. The number of nitrogens with zero attached hydrogens (tertiary/aromatic N) is 3. The lowest BCUT2D eigenvalue weighted by atomic mass is 10.3. The van der Waals surface area contributed by atoms with E-state index >= 15 is 0 Å². The number of hydrogen-bond acceptors (Lipinski definition) is 6. The number of nitrogens with one attached hydrogen (secondary N) is 1. The summed E-state index contributed by atoms with van der Waals surface area (Å²) in [6, 6.07) is 2.00. The molecule has 0 fully saturated rings. The van der Waals surface area contributed by atoms with Crippen molar-refractivity contribution in [1.82, 2.24) is 19.7 Å². The van der Waals surface area contributed by atoms with E-state index in [1.165, 1.54) is 16.3 Å². The Hall–Kier alpha value is -1.58. The standard InChI is InChI=1S/C14H20N4O3S2/c1-17(8-11-4-7-22-9-11)12(19)10-23-14-16-15-13(20)18(14)5-3-6-21-2/h4,7,9H,3,5-6,8,10H2,1-2H3,(H,15,20). The van der Waals surface area contributed by atoms with Gasteiger partial charge in [0, 0.05) is 33.9 Å². The average Bonchev–Trinajstić information content (AvgIpc) is 3.16. The van der Waals surface area contributed by atoms with Crippen LogP contribution in [0.25, 0.3) is 0 Å². The molecule has 0 spiro atoms. The predicted octanol–water partition coefficient (Wildman–Crippen LogP) is 1.42. The van der Waals surface area contributed by atoms with Crippen molar-refractivity contribution in [2.75, 3.05) is 26.5 Å². The normalized spacial score (nSPS) is 10.9. The van der Waals surface area contributed by atoms with Crippen LogP contribution in [0.5, 0.6) is 0 Å². The van der Waals surface area contributed by atoms with Gasteiger partial charge in [-0.2, -0.15) is 11.3 Å². The molecule has 0 atom stereocenters. The van der Waals surface area contributed by atoms with Crippen molar-refractivity contribution in [3.05, 3.63) is 32.9 Å². The van der Waals surface area contributed by atoms with E-state index in [-0.39, 0.29) is 17.3 Å². The zero-order chi connectivity index (χ0) is 16.7. The van der Waals surface area contributed by atoms with Gasteiger partial charge in [-0.25, -0.2) is 9.89 Å². The SMILES string of the molecule is COCCCn1c(SCC(=O)N(C)Cc2ccsc2)n[nH]c1=O. The molecule has 0 aromatic carbocycles. The third-order valence-electron chi connectivity index (χ3n) is 3.20. The van der Waals surface area contributed by atoms with Gasteiger partial charge in [-0.1, -0.05) is 11.8 Å². The number of amides is 1. The highest BCUT2D eigenvalue weighted by molar-refractivity contribution is 7.99. The first kappa shape index (κ1) is 17.8. The molecule has 23 heavy (non-hydrogen) atoms. The number of carbonyl (C=O) groups is 1. The quantitative estimate of drug-likeness (QED) is 0.543. The van der Waals surface area contributed by atoms with E-state index in [2.05, 4.69) is 10.2 Å². The van der Waals surface area contributed by atoms with Gasteiger partial charge in [-0.15, -0.1) is 5.10 Å². The second kappa shape index (κ2) is 8.90. The maximum absolute atomic E-state index is 12.2. The van der Waals surface area contributed by atoms with Crippen LogP contribution in [0.2, 0.25) is 0 Å². The van der Waals surface area contributed by atoms with Crippen LogP contribution >= 0.6 is 23.1 Å². The van der Waals surface area contributed by atoms with E-state index < -0.39 is 0 Å². The first-order chi connectivity index (χ1) is 11.1. The molecule has 0 saturated carbocycles.